The molecule has 0 aromatic heterocycles. The third kappa shape index (κ3) is 35.6. The Morgan fingerprint density at radius 1 is 0.395 bits per heavy atom. The molecule has 0 spiro atoms. The van der Waals surface area contributed by atoms with Gasteiger partial charge < -0.3 is 51.1 Å². The quantitative estimate of drug-likeness (QED) is 0.0420. The number of alkyl halides is 4. The molecule has 7 aromatic carbocycles. The van der Waals surface area contributed by atoms with Crippen LogP contribution in [0.3, 0.4) is 0 Å². The Hall–Kier alpha value is -4.26. The number of phenols is 5. The number of carbonyl (C=O) groups excluding carboxylic acids is 2. The molecule has 5 aliphatic heterocycles. The molecular formula is C82H124ClF4N5O11S11. The van der Waals surface area contributed by atoms with E-state index >= 15 is 0 Å². The minimum absolute atomic E-state index is 0. The van der Waals surface area contributed by atoms with Crippen molar-refractivity contribution in [3.63, 3.8) is 0 Å². The van der Waals surface area contributed by atoms with E-state index in [-0.39, 0.29) is 224 Å². The van der Waals surface area contributed by atoms with E-state index in [4.69, 9.17) is 24.6 Å². The normalized spacial score (nSPS) is 23.2. The Labute approximate surface area is 749 Å². The lowest BCUT2D eigenvalue weighted by molar-refractivity contribution is -0.134. The molecule has 2 saturated carbocycles. The molecule has 7 aromatic rings. The molecule has 7 aliphatic rings. The molecule has 12 atom stereocenters. The molecule has 5 heterocycles. The second-order valence-corrected chi connectivity index (χ2v) is 29.9. The van der Waals surface area contributed by atoms with E-state index in [9.17, 15) is 45.8 Å². The average Bonchev–Trinajstić information content (AvgIpc) is 1.63. The van der Waals surface area contributed by atoms with Gasteiger partial charge in [-0.25, -0.2) is 17.6 Å². The average molecular weight is 1820 g/mol. The Morgan fingerprint density at radius 3 is 1.07 bits per heavy atom. The minimum atomic E-state index is -3.59. The summed E-state index contributed by atoms with van der Waals surface area (Å²) in [7, 11) is -3.59. The van der Waals surface area contributed by atoms with E-state index in [0.29, 0.717) is 64.3 Å². The number of halogens is 5. The fourth-order valence-corrected chi connectivity index (χ4v) is 15.4. The van der Waals surface area contributed by atoms with Crippen LogP contribution in [0.2, 0.25) is 0 Å². The molecule has 14 rings (SSSR count). The van der Waals surface area contributed by atoms with E-state index in [2.05, 4.69) is 41.8 Å². The fraction of sp³-hybridized carbons (Fsp3) is 0.463. The summed E-state index contributed by atoms with van der Waals surface area (Å²) in [6, 6.07) is 50.6. The van der Waals surface area contributed by atoms with Crippen LogP contribution in [0.15, 0.2) is 170 Å². The van der Waals surface area contributed by atoms with Gasteiger partial charge in [0.1, 0.15) is 53.4 Å². The van der Waals surface area contributed by atoms with Gasteiger partial charge in [0.25, 0.3) is 16.0 Å². The number of likely N-dealkylation sites (tertiary alicyclic amines) is 3. The number of aliphatic hydroxyl groups is 1. The zero-order valence-electron chi connectivity index (χ0n) is 64.8. The second-order valence-electron chi connectivity index (χ2n) is 28.3. The number of piperidine rings is 3. The van der Waals surface area contributed by atoms with Crippen molar-refractivity contribution in [1.29, 1.82) is 0 Å². The Morgan fingerprint density at radius 2 is 0.719 bits per heavy atom. The number of nitrogens with zero attached hydrogens (tertiary/aromatic N) is 3. The molecule has 8 N–H and O–H groups in total. The molecule has 644 valence electrons. The highest BCUT2D eigenvalue weighted by atomic mass is 35.5. The molecular weight excluding hydrogens is 1700 g/mol. The van der Waals surface area contributed by atoms with E-state index < -0.39 is 40.9 Å². The smallest absolute Gasteiger partial charge is 0.265 e. The van der Waals surface area contributed by atoms with E-state index in [1.807, 2.05) is 65.3 Å². The van der Waals surface area contributed by atoms with Crippen LogP contribution in [-0.2, 0) is 37.0 Å². The van der Waals surface area contributed by atoms with Gasteiger partial charge in [-0.1, -0.05) is 146 Å². The van der Waals surface area contributed by atoms with Crippen LogP contribution in [0, 0.1) is 13.8 Å². The Balaban J connectivity index is -0.00000130. The summed E-state index contributed by atoms with van der Waals surface area (Å²) in [6.07, 6.45) is 8.14. The number of aliphatic hydroxyl groups excluding tert-OH is 1. The zero-order valence-corrected chi connectivity index (χ0v) is 76.4. The van der Waals surface area contributed by atoms with Gasteiger partial charge in [0.05, 0.1) is 18.4 Å². The third-order valence-corrected chi connectivity index (χ3v) is 21.2. The number of rotatable bonds is 12. The van der Waals surface area contributed by atoms with Crippen molar-refractivity contribution in [2.75, 3.05) is 58.6 Å². The molecule has 32 heteroatoms. The summed E-state index contributed by atoms with van der Waals surface area (Å²) in [6.45, 7) is 10.0. The molecule has 114 heavy (non-hydrogen) atoms. The first-order chi connectivity index (χ1) is 49.4. The van der Waals surface area contributed by atoms with Gasteiger partial charge in [-0.05, 0) is 184 Å². The van der Waals surface area contributed by atoms with Crippen LogP contribution in [0.5, 0.6) is 28.7 Å². The van der Waals surface area contributed by atoms with Crippen molar-refractivity contribution in [1.82, 2.24) is 25.3 Å². The van der Waals surface area contributed by atoms with Crippen LogP contribution in [0.1, 0.15) is 163 Å². The number of carbonyl (C=O) groups is 2. The number of nitrogens with one attached hydrogen (secondary N) is 2. The highest BCUT2D eigenvalue weighted by Crippen LogP contribution is 2.38. The topological polar surface area (TPSA) is 233 Å². The monoisotopic (exact) mass is 1820 g/mol. The molecule has 5 saturated heterocycles. The number of aryl methyl sites for hydroxylation is 2. The van der Waals surface area contributed by atoms with Crippen LogP contribution in [0.25, 0.3) is 0 Å². The zero-order chi connectivity index (χ0) is 73.6. The molecule has 0 radical (unpaired) electrons. The first-order valence-corrected chi connectivity index (χ1v) is 38.2. The van der Waals surface area contributed by atoms with Gasteiger partial charge in [-0.3, -0.25) is 18.7 Å². The van der Waals surface area contributed by atoms with E-state index in [1.54, 1.807) is 102 Å². The highest BCUT2D eigenvalue weighted by Gasteiger charge is 2.41. The maximum absolute atomic E-state index is 14.9. The summed E-state index contributed by atoms with van der Waals surface area (Å²) in [5.74, 6) is 1.18. The maximum atomic E-state index is 14.9. The fourth-order valence-electron chi connectivity index (χ4n) is 14.8. The van der Waals surface area contributed by atoms with Gasteiger partial charge in [-0.15, -0.1) is 12.4 Å². The molecule has 7 fully saturated rings. The lowest BCUT2D eigenvalue weighted by Crippen LogP contribution is -2.49. The van der Waals surface area contributed by atoms with Crippen LogP contribution >= 0.6 is 147 Å². The molecule has 2 amide bonds. The van der Waals surface area contributed by atoms with E-state index in [1.165, 1.54) is 12.0 Å². The lowest BCUT2D eigenvalue weighted by Gasteiger charge is -2.37. The standard InChI is InChI=1S/C23H27FN2O2.C13H17NO4S.C12H15FO.C12H16O2.2C11H14FNO.ClH.10H2S/c1-16-2-4-17(5-3-16)14-26-13-11-22(23(26)28)25-12-10-20(21(24)15-25)18-6-8-19(27)9-7-18;1-10-3-5-11(6-4-10)9-14-8-7-12(13(14)15)18-19(2,16)17;13-12-4-2-1-3-11(12)9-5-7-10(14)8-6-9;13-10-7-5-9(6-8-10)11-3-1-2-4-12(11)14;2*12-11-7-13-6-5-10(11)8-1-3-9(14)4-2-8;;;;;;;;;;;/h2-9,20-22,27H,10-15H2,1H3;3-6,12H,7-9H2,1-2H3;5-8,11-12,14H,1-4H2;5-8,11-14H,1-4H2;2*1-4,10-11,13-14H,5-7H2;1H;10*1H2/t20-,21+,22+;12-;2*11-,12+;2*10-,11+;;;;;;;;;;;/m000000.........../s1. The summed E-state index contributed by atoms with van der Waals surface area (Å²) in [5.41, 5.74) is 9.59. The Kier molecular flexibility index (Phi) is 57.0. The summed E-state index contributed by atoms with van der Waals surface area (Å²) in [4.78, 5) is 30.4. The number of hydrogen-bond donors (Lipinski definition) is 8. The highest BCUT2D eigenvalue weighted by molar-refractivity contribution is 7.86. The predicted molar refractivity (Wildman–Crippen MR) is 505 cm³/mol. The number of aromatic hydroxyl groups is 5. The second kappa shape index (κ2) is 57.1. The first-order valence-electron chi connectivity index (χ1n) is 36.4. The molecule has 0 unspecified atom stereocenters. The van der Waals surface area contributed by atoms with Crippen molar-refractivity contribution in [2.45, 2.75) is 183 Å². The van der Waals surface area contributed by atoms with Gasteiger partial charge in [0.2, 0.25) is 5.91 Å². The predicted octanol–water partition coefficient (Wildman–Crippen LogP) is 15.7. The number of phenolic OH excluding ortho intramolecular Hbond substituents is 5. The third-order valence-electron chi connectivity index (χ3n) is 20.6. The van der Waals surface area contributed by atoms with Crippen LogP contribution in [-0.4, -0.2) is 167 Å². The van der Waals surface area contributed by atoms with Crippen molar-refractivity contribution < 1.29 is 70.4 Å². The molecule has 0 bridgehead atoms. The van der Waals surface area contributed by atoms with Crippen molar-refractivity contribution in [3.05, 3.63) is 220 Å². The van der Waals surface area contributed by atoms with E-state index in [0.717, 1.165) is 135 Å². The molecule has 16 nitrogen and oxygen atoms in total. The largest absolute Gasteiger partial charge is 0.508 e. The maximum Gasteiger partial charge on any atom is 0.265 e. The Bertz CT molecular complexity index is 3630. The minimum Gasteiger partial charge on any atom is -0.508 e. The molecule has 2 aliphatic carbocycles. The summed E-state index contributed by atoms with van der Waals surface area (Å²) in [5, 5.41) is 61.8. The first kappa shape index (κ1) is 114. The van der Waals surface area contributed by atoms with Crippen molar-refractivity contribution in [2.24, 2.45) is 0 Å². The number of benzene rings is 7. The number of hydrogen-bond acceptors (Lipinski definition) is 14. The van der Waals surface area contributed by atoms with Gasteiger partial charge >= 0.3 is 0 Å². The van der Waals surface area contributed by atoms with Gasteiger partial charge in [0.15, 0.2) is 6.10 Å². The van der Waals surface area contributed by atoms with Gasteiger partial charge in [-0.2, -0.15) is 143 Å². The van der Waals surface area contributed by atoms with Crippen LogP contribution < -0.4 is 10.6 Å². The van der Waals surface area contributed by atoms with Crippen molar-refractivity contribution in [3.8, 4) is 28.7 Å². The van der Waals surface area contributed by atoms with Gasteiger partial charge in [0, 0.05) is 81.8 Å². The SMILES string of the molecule is Cc1ccc(CN2CC[C@@H](N3CC[C@@H](c4ccc(O)cc4)[C@H](F)C3)C2=O)cc1.Cc1ccc(CN2CC[C@H](OS(C)(=O)=O)C2=O)cc1.Cl.Oc1ccc([C@@H]2CCCC[C@H]2F)cc1.Oc1ccc([C@@H]2CCCC[C@H]2O)cc1.Oc1ccc([C@@H]2CCNC[C@H]2F)cc1.Oc1ccc([C@@H]2CCNC[C@H]2F)cc1.S.S.S.S.S.S.S.S.S.S. The van der Waals surface area contributed by atoms with Crippen LogP contribution in [0.4, 0.5) is 17.6 Å². The van der Waals surface area contributed by atoms with Crippen molar-refractivity contribution >= 4 is 169 Å². The number of amides is 2. The summed E-state index contributed by atoms with van der Waals surface area (Å²) < 4.78 is 82.4. The summed E-state index contributed by atoms with van der Waals surface area (Å²) >= 11 is 0. The lowest BCUT2D eigenvalue weighted by atomic mass is 9.82.